The highest BCUT2D eigenvalue weighted by Crippen LogP contribution is 2.39. The van der Waals surface area contributed by atoms with Crippen LogP contribution < -0.4 is 5.32 Å². The van der Waals surface area contributed by atoms with Gasteiger partial charge in [-0.15, -0.1) is 6.58 Å². The lowest BCUT2D eigenvalue weighted by Gasteiger charge is -2.32. The van der Waals surface area contributed by atoms with Gasteiger partial charge in [0.05, 0.1) is 6.67 Å². The number of ether oxygens (including phenoxy) is 1. The number of piperidine rings is 1. The van der Waals surface area contributed by atoms with Gasteiger partial charge in [-0.25, -0.2) is 9.48 Å². The molecule has 1 aliphatic heterocycles. The number of alkyl carbamates (subject to hydrolysis) is 1. The molecule has 1 aromatic rings. The van der Waals surface area contributed by atoms with E-state index in [9.17, 15) is 4.79 Å². The Labute approximate surface area is 166 Å². The maximum atomic E-state index is 11.9. The molecule has 3 rings (SSSR count). The SMILES string of the molecule is C=CCn1c(C2CC2)nn(CN2CCC(NC(=O)OC(C)(C)C)CC2)c1=S. The molecule has 2 heterocycles. The molecule has 1 N–H and O–H groups in total. The molecule has 1 saturated carbocycles. The molecule has 0 spiro atoms. The fourth-order valence-corrected chi connectivity index (χ4v) is 3.64. The van der Waals surface area contributed by atoms with Crippen LogP contribution in [0.4, 0.5) is 4.79 Å². The number of rotatable bonds is 6. The molecule has 2 fully saturated rings. The summed E-state index contributed by atoms with van der Waals surface area (Å²) in [7, 11) is 0. The van der Waals surface area contributed by atoms with Crippen molar-refractivity contribution in [1.29, 1.82) is 0 Å². The first-order chi connectivity index (χ1) is 12.8. The van der Waals surface area contributed by atoms with Gasteiger partial charge in [0.1, 0.15) is 11.4 Å². The number of carbonyl (C=O) groups is 1. The van der Waals surface area contributed by atoms with Gasteiger partial charge in [-0.2, -0.15) is 5.10 Å². The number of carbonyl (C=O) groups excluding carboxylic acids is 1. The molecule has 0 aromatic carbocycles. The molecular weight excluding hydrogens is 362 g/mol. The topological polar surface area (TPSA) is 64.3 Å². The smallest absolute Gasteiger partial charge is 0.407 e. The predicted octanol–water partition coefficient (Wildman–Crippen LogP) is 3.42. The Morgan fingerprint density at radius 3 is 2.56 bits per heavy atom. The van der Waals surface area contributed by atoms with Crippen molar-refractivity contribution in [3.05, 3.63) is 23.3 Å². The number of allylic oxidation sites excluding steroid dienone is 1. The van der Waals surface area contributed by atoms with E-state index >= 15 is 0 Å². The zero-order valence-corrected chi connectivity index (χ0v) is 17.4. The third kappa shape index (κ3) is 5.42. The second kappa shape index (κ2) is 8.14. The third-order valence-corrected chi connectivity index (χ3v) is 5.28. The molecule has 1 aliphatic carbocycles. The van der Waals surface area contributed by atoms with Gasteiger partial charge in [0.15, 0.2) is 4.77 Å². The van der Waals surface area contributed by atoms with Gasteiger partial charge in [-0.1, -0.05) is 6.08 Å². The van der Waals surface area contributed by atoms with E-state index in [-0.39, 0.29) is 12.1 Å². The fourth-order valence-electron chi connectivity index (χ4n) is 3.38. The van der Waals surface area contributed by atoms with Crippen LogP contribution in [0.25, 0.3) is 0 Å². The zero-order chi connectivity index (χ0) is 19.6. The minimum atomic E-state index is -0.467. The highest BCUT2D eigenvalue weighted by molar-refractivity contribution is 7.71. The van der Waals surface area contributed by atoms with E-state index in [2.05, 4.69) is 21.4 Å². The first kappa shape index (κ1) is 20.1. The van der Waals surface area contributed by atoms with Crippen LogP contribution in [0.15, 0.2) is 12.7 Å². The van der Waals surface area contributed by atoms with Crippen molar-refractivity contribution in [3.8, 4) is 0 Å². The van der Waals surface area contributed by atoms with E-state index < -0.39 is 5.60 Å². The Bertz CT molecular complexity index is 736. The molecule has 7 nitrogen and oxygen atoms in total. The number of hydrogen-bond acceptors (Lipinski definition) is 5. The van der Waals surface area contributed by atoms with E-state index in [0.717, 1.165) is 36.5 Å². The maximum absolute atomic E-state index is 11.9. The van der Waals surface area contributed by atoms with Gasteiger partial charge in [0, 0.05) is 31.6 Å². The van der Waals surface area contributed by atoms with Crippen molar-refractivity contribution in [2.24, 2.45) is 0 Å². The maximum Gasteiger partial charge on any atom is 0.407 e. The average molecular weight is 394 g/mol. The average Bonchev–Trinajstić information content (AvgIpc) is 3.37. The summed E-state index contributed by atoms with van der Waals surface area (Å²) >= 11 is 5.64. The van der Waals surface area contributed by atoms with E-state index in [1.807, 2.05) is 31.5 Å². The molecule has 1 saturated heterocycles. The zero-order valence-electron chi connectivity index (χ0n) is 16.6. The van der Waals surface area contributed by atoms with Crippen molar-refractivity contribution in [1.82, 2.24) is 24.6 Å². The van der Waals surface area contributed by atoms with Gasteiger partial charge in [0.25, 0.3) is 0 Å². The van der Waals surface area contributed by atoms with Crippen molar-refractivity contribution in [3.63, 3.8) is 0 Å². The van der Waals surface area contributed by atoms with Crippen LogP contribution in [0.3, 0.4) is 0 Å². The summed E-state index contributed by atoms with van der Waals surface area (Å²) in [5.74, 6) is 1.65. The second-order valence-electron chi connectivity index (χ2n) is 8.49. The van der Waals surface area contributed by atoms with Crippen LogP contribution in [-0.2, 0) is 18.0 Å². The molecule has 0 radical (unpaired) electrons. The van der Waals surface area contributed by atoms with Crippen LogP contribution in [0.2, 0.25) is 0 Å². The fraction of sp³-hybridized carbons (Fsp3) is 0.737. The minimum Gasteiger partial charge on any atom is -0.444 e. The Morgan fingerprint density at radius 1 is 1.33 bits per heavy atom. The summed E-state index contributed by atoms with van der Waals surface area (Å²) in [4.78, 5) is 14.3. The lowest BCUT2D eigenvalue weighted by atomic mass is 10.1. The van der Waals surface area contributed by atoms with Gasteiger partial charge in [-0.3, -0.25) is 9.47 Å². The van der Waals surface area contributed by atoms with Crippen molar-refractivity contribution in [2.45, 2.75) is 77.2 Å². The van der Waals surface area contributed by atoms with E-state index in [4.69, 9.17) is 22.1 Å². The van der Waals surface area contributed by atoms with E-state index in [1.165, 1.54) is 12.8 Å². The van der Waals surface area contributed by atoms with Crippen molar-refractivity contribution >= 4 is 18.3 Å². The molecule has 0 atom stereocenters. The number of amides is 1. The second-order valence-corrected chi connectivity index (χ2v) is 8.86. The monoisotopic (exact) mass is 393 g/mol. The molecule has 0 bridgehead atoms. The molecule has 8 heteroatoms. The van der Waals surface area contributed by atoms with Crippen LogP contribution >= 0.6 is 12.2 Å². The summed E-state index contributed by atoms with van der Waals surface area (Å²) in [6, 6.07) is 0.157. The normalized spacial score (nSPS) is 19.1. The number of hydrogen-bond donors (Lipinski definition) is 1. The van der Waals surface area contributed by atoms with Crippen molar-refractivity contribution in [2.75, 3.05) is 13.1 Å². The van der Waals surface area contributed by atoms with Gasteiger partial charge >= 0.3 is 6.09 Å². The number of nitrogens with zero attached hydrogens (tertiary/aromatic N) is 4. The predicted molar refractivity (Wildman–Crippen MR) is 107 cm³/mol. The molecule has 1 amide bonds. The Balaban J connectivity index is 1.54. The van der Waals surface area contributed by atoms with E-state index in [1.54, 1.807) is 0 Å². The van der Waals surface area contributed by atoms with E-state index in [0.29, 0.717) is 19.1 Å². The standard InChI is InChI=1S/C19H31N5O2S/c1-5-10-23-16(14-6-7-14)21-24(18(23)27)13-22-11-8-15(9-12-22)20-17(25)26-19(2,3)4/h5,14-15H,1,6-13H2,2-4H3,(H,20,25). The quantitative estimate of drug-likeness (QED) is 0.593. The Hall–Kier alpha value is -1.67. The summed E-state index contributed by atoms with van der Waals surface area (Å²) in [5.41, 5.74) is -0.467. The van der Waals surface area contributed by atoms with Crippen LogP contribution in [0.5, 0.6) is 0 Å². The molecule has 150 valence electrons. The largest absolute Gasteiger partial charge is 0.444 e. The highest BCUT2D eigenvalue weighted by Gasteiger charge is 2.30. The Kier molecular flexibility index (Phi) is 6.05. The molecule has 27 heavy (non-hydrogen) atoms. The number of likely N-dealkylation sites (tertiary alicyclic amines) is 1. The summed E-state index contributed by atoms with van der Waals surface area (Å²) < 4.78 is 10.2. The molecule has 1 aromatic heterocycles. The van der Waals surface area contributed by atoms with Crippen LogP contribution in [0, 0.1) is 4.77 Å². The summed E-state index contributed by atoms with van der Waals surface area (Å²) in [5, 5.41) is 7.77. The first-order valence-corrected chi connectivity index (χ1v) is 10.2. The lowest BCUT2D eigenvalue weighted by Crippen LogP contribution is -2.46. The van der Waals surface area contributed by atoms with Crippen molar-refractivity contribution < 1.29 is 9.53 Å². The summed E-state index contributed by atoms with van der Waals surface area (Å²) in [6.45, 7) is 12.7. The molecule has 2 aliphatic rings. The number of nitrogens with one attached hydrogen (secondary N) is 1. The van der Waals surface area contributed by atoms with Crippen LogP contribution in [0.1, 0.15) is 58.2 Å². The van der Waals surface area contributed by atoms with Gasteiger partial charge in [-0.05, 0) is 58.7 Å². The Morgan fingerprint density at radius 2 is 2.00 bits per heavy atom. The summed E-state index contributed by atoms with van der Waals surface area (Å²) in [6.07, 6.45) is 5.74. The highest BCUT2D eigenvalue weighted by atomic mass is 32.1. The third-order valence-electron chi connectivity index (χ3n) is 4.85. The van der Waals surface area contributed by atoms with Gasteiger partial charge in [0.2, 0.25) is 0 Å². The van der Waals surface area contributed by atoms with Gasteiger partial charge < -0.3 is 10.1 Å². The molecular formula is C19H31N5O2S. The lowest BCUT2D eigenvalue weighted by molar-refractivity contribution is 0.0470. The molecule has 0 unspecified atom stereocenters. The first-order valence-electron chi connectivity index (χ1n) is 9.77. The number of aromatic nitrogens is 3. The minimum absolute atomic E-state index is 0.157. The van der Waals surface area contributed by atoms with Crippen LogP contribution in [-0.4, -0.2) is 50.1 Å².